The number of carboxylic acid groups (broad SMARTS) is 1. The molecular formula is C8H12ClF2NO2. The molecule has 3 aliphatic carbocycles. The highest BCUT2D eigenvalue weighted by molar-refractivity contribution is 5.85. The van der Waals surface area contributed by atoms with Crippen LogP contribution in [0.15, 0.2) is 0 Å². The zero-order valence-electron chi connectivity index (χ0n) is 7.37. The summed E-state index contributed by atoms with van der Waals surface area (Å²) in [4.78, 5) is 10.5. The lowest BCUT2D eigenvalue weighted by Crippen LogP contribution is -2.72. The van der Waals surface area contributed by atoms with Crippen LogP contribution >= 0.6 is 12.4 Å². The number of alkyl halides is 2. The van der Waals surface area contributed by atoms with E-state index >= 15 is 0 Å². The molecule has 3 nitrogen and oxygen atoms in total. The van der Waals surface area contributed by atoms with Gasteiger partial charge in [-0.25, -0.2) is 8.78 Å². The Morgan fingerprint density at radius 1 is 1.29 bits per heavy atom. The molecule has 14 heavy (non-hydrogen) atoms. The molecule has 0 saturated heterocycles. The molecule has 1 atom stereocenters. The predicted molar refractivity (Wildman–Crippen MR) is 47.6 cm³/mol. The number of halogens is 3. The molecule has 82 valence electrons. The van der Waals surface area contributed by atoms with Crippen LogP contribution in [0.1, 0.15) is 19.3 Å². The fourth-order valence-electron chi connectivity index (χ4n) is 2.77. The van der Waals surface area contributed by atoms with Gasteiger partial charge in [0.25, 0.3) is 0 Å². The van der Waals surface area contributed by atoms with Gasteiger partial charge in [-0.2, -0.15) is 0 Å². The van der Waals surface area contributed by atoms with E-state index in [-0.39, 0.29) is 31.7 Å². The second kappa shape index (κ2) is 3.03. The second-order valence-electron chi connectivity index (χ2n) is 4.37. The van der Waals surface area contributed by atoms with Crippen molar-refractivity contribution in [1.82, 2.24) is 0 Å². The molecule has 3 fully saturated rings. The van der Waals surface area contributed by atoms with Gasteiger partial charge in [0.15, 0.2) is 0 Å². The lowest BCUT2D eigenvalue weighted by molar-refractivity contribution is -0.274. The van der Waals surface area contributed by atoms with Gasteiger partial charge in [-0.05, 0) is 24.7 Å². The summed E-state index contributed by atoms with van der Waals surface area (Å²) in [5, 5.41) is 8.62. The minimum atomic E-state index is -2.32. The van der Waals surface area contributed by atoms with Crippen molar-refractivity contribution in [3.8, 4) is 0 Å². The van der Waals surface area contributed by atoms with Crippen molar-refractivity contribution in [3.05, 3.63) is 0 Å². The van der Waals surface area contributed by atoms with Gasteiger partial charge in [0.2, 0.25) is 6.43 Å². The summed E-state index contributed by atoms with van der Waals surface area (Å²) < 4.78 is 24.7. The van der Waals surface area contributed by atoms with Crippen LogP contribution in [0.4, 0.5) is 8.78 Å². The molecule has 0 amide bonds. The average Bonchev–Trinajstić information content (AvgIpc) is 1.79. The standard InChI is InChI=1S/C8H11F2NO2.ClH/c9-6(10)8-1-7(2-8,3-8)4(11)5(12)13;/h4,6H,1-3,11H2,(H,12,13);1H/t4-,7?,8?;/m0./s1. The Balaban J connectivity index is 0.000000980. The largest absolute Gasteiger partial charge is 0.480 e. The number of nitrogens with two attached hydrogens (primary N) is 1. The fraction of sp³-hybridized carbons (Fsp3) is 0.875. The summed E-state index contributed by atoms with van der Waals surface area (Å²) in [6, 6.07) is -0.965. The van der Waals surface area contributed by atoms with Crippen LogP contribution in [0, 0.1) is 10.8 Å². The van der Waals surface area contributed by atoms with E-state index in [4.69, 9.17) is 10.8 Å². The van der Waals surface area contributed by atoms with Crippen LogP contribution in [0.5, 0.6) is 0 Å². The van der Waals surface area contributed by atoms with Crippen LogP contribution in [0.25, 0.3) is 0 Å². The van der Waals surface area contributed by atoms with Gasteiger partial charge < -0.3 is 10.8 Å². The number of aliphatic carboxylic acids is 1. The molecule has 0 aromatic heterocycles. The monoisotopic (exact) mass is 227 g/mol. The first kappa shape index (κ1) is 11.7. The first-order valence-corrected chi connectivity index (χ1v) is 4.18. The van der Waals surface area contributed by atoms with Crippen molar-refractivity contribution in [2.75, 3.05) is 0 Å². The molecule has 0 aromatic carbocycles. The molecule has 2 bridgehead atoms. The molecule has 3 saturated carbocycles. The Morgan fingerprint density at radius 3 is 2.00 bits per heavy atom. The van der Waals surface area contributed by atoms with Crippen molar-refractivity contribution in [3.63, 3.8) is 0 Å². The van der Waals surface area contributed by atoms with Crippen molar-refractivity contribution < 1.29 is 18.7 Å². The Hall–Kier alpha value is -0.420. The van der Waals surface area contributed by atoms with Crippen molar-refractivity contribution in [2.24, 2.45) is 16.6 Å². The van der Waals surface area contributed by atoms with Gasteiger partial charge in [-0.3, -0.25) is 4.79 Å². The smallest absolute Gasteiger partial charge is 0.321 e. The molecule has 0 spiro atoms. The zero-order valence-corrected chi connectivity index (χ0v) is 8.19. The van der Waals surface area contributed by atoms with E-state index in [0.717, 1.165) is 0 Å². The average molecular weight is 228 g/mol. The van der Waals surface area contributed by atoms with Crippen LogP contribution in [0.3, 0.4) is 0 Å². The molecule has 0 unspecified atom stereocenters. The summed E-state index contributed by atoms with van der Waals surface area (Å²) in [5.41, 5.74) is 4.02. The highest BCUT2D eigenvalue weighted by atomic mass is 35.5. The third-order valence-electron chi connectivity index (χ3n) is 3.50. The minimum Gasteiger partial charge on any atom is -0.480 e. The highest BCUT2D eigenvalue weighted by Gasteiger charge is 2.74. The molecule has 6 heteroatoms. The number of carboxylic acids is 1. The maximum Gasteiger partial charge on any atom is 0.321 e. The third-order valence-corrected chi connectivity index (χ3v) is 3.50. The number of hydrogen-bond acceptors (Lipinski definition) is 2. The summed E-state index contributed by atoms with van der Waals surface area (Å²) in [5.74, 6) is -1.08. The SMILES string of the molecule is Cl.N[C@@H](C(=O)O)C12CC(C(F)F)(C1)C2. The van der Waals surface area contributed by atoms with E-state index in [1.807, 2.05) is 0 Å². The molecule has 3 N–H and O–H groups in total. The van der Waals surface area contributed by atoms with Gasteiger partial charge in [0.05, 0.1) is 0 Å². The Morgan fingerprint density at radius 2 is 1.71 bits per heavy atom. The molecule has 3 rings (SSSR count). The first-order chi connectivity index (χ1) is 5.92. The van der Waals surface area contributed by atoms with E-state index in [1.165, 1.54) is 0 Å². The predicted octanol–water partition coefficient (Wildman–Crippen LogP) is 1.26. The van der Waals surface area contributed by atoms with E-state index < -0.39 is 29.3 Å². The van der Waals surface area contributed by atoms with E-state index in [9.17, 15) is 13.6 Å². The summed E-state index contributed by atoms with van der Waals surface area (Å²) in [7, 11) is 0. The van der Waals surface area contributed by atoms with E-state index in [0.29, 0.717) is 0 Å². The van der Waals surface area contributed by atoms with Gasteiger partial charge in [0, 0.05) is 5.41 Å². The van der Waals surface area contributed by atoms with E-state index in [1.54, 1.807) is 0 Å². The van der Waals surface area contributed by atoms with Crippen LogP contribution in [0.2, 0.25) is 0 Å². The lowest BCUT2D eigenvalue weighted by Gasteiger charge is -2.71. The zero-order chi connectivity index (χ0) is 9.85. The van der Waals surface area contributed by atoms with Crippen molar-refractivity contribution >= 4 is 18.4 Å². The maximum absolute atomic E-state index is 12.3. The minimum absolute atomic E-state index is 0. The van der Waals surface area contributed by atoms with Crippen LogP contribution in [-0.4, -0.2) is 23.5 Å². The number of hydrogen-bond donors (Lipinski definition) is 2. The Bertz CT molecular complexity index is 252. The van der Waals surface area contributed by atoms with Gasteiger partial charge in [0.1, 0.15) is 6.04 Å². The molecule has 0 radical (unpaired) electrons. The fourth-order valence-corrected chi connectivity index (χ4v) is 2.77. The Kier molecular flexibility index (Phi) is 2.53. The topological polar surface area (TPSA) is 63.3 Å². The third kappa shape index (κ3) is 1.15. The molecule has 0 heterocycles. The summed E-state index contributed by atoms with van der Waals surface area (Å²) in [6.07, 6.45) is -1.48. The number of rotatable bonds is 3. The Labute approximate surface area is 86.1 Å². The highest BCUT2D eigenvalue weighted by Crippen LogP contribution is 2.76. The summed E-state index contributed by atoms with van der Waals surface area (Å²) >= 11 is 0. The van der Waals surface area contributed by atoms with Gasteiger partial charge in [-0.1, -0.05) is 0 Å². The van der Waals surface area contributed by atoms with Crippen molar-refractivity contribution in [1.29, 1.82) is 0 Å². The number of carbonyl (C=O) groups is 1. The quantitative estimate of drug-likeness (QED) is 0.763. The normalized spacial score (nSPS) is 40.6. The van der Waals surface area contributed by atoms with Crippen LogP contribution in [-0.2, 0) is 4.79 Å². The van der Waals surface area contributed by atoms with Crippen LogP contribution < -0.4 is 5.73 Å². The van der Waals surface area contributed by atoms with Gasteiger partial charge in [-0.15, -0.1) is 12.4 Å². The second-order valence-corrected chi connectivity index (χ2v) is 4.37. The molecule has 0 aliphatic heterocycles. The van der Waals surface area contributed by atoms with Gasteiger partial charge >= 0.3 is 5.97 Å². The lowest BCUT2D eigenvalue weighted by atomic mass is 9.33. The molecular weight excluding hydrogens is 216 g/mol. The van der Waals surface area contributed by atoms with E-state index in [2.05, 4.69) is 0 Å². The van der Waals surface area contributed by atoms with Crippen molar-refractivity contribution in [2.45, 2.75) is 31.7 Å². The summed E-state index contributed by atoms with van der Waals surface area (Å²) in [6.45, 7) is 0. The maximum atomic E-state index is 12.3. The first-order valence-electron chi connectivity index (χ1n) is 4.18. The molecule has 3 aliphatic rings. The molecule has 0 aromatic rings.